The van der Waals surface area contributed by atoms with Gasteiger partial charge in [-0.15, -0.1) is 5.10 Å². The molecule has 0 radical (unpaired) electrons. The van der Waals surface area contributed by atoms with Crippen LogP contribution in [0.25, 0.3) is 5.69 Å². The molecule has 1 aliphatic carbocycles. The van der Waals surface area contributed by atoms with Crippen LogP contribution in [0.1, 0.15) is 35.2 Å². The maximum atomic E-state index is 13.4. The number of aromatic carboxylic acids is 1. The predicted octanol–water partition coefficient (Wildman–Crippen LogP) is 1.99. The van der Waals surface area contributed by atoms with Crippen LogP contribution in [-0.2, 0) is 0 Å². The van der Waals surface area contributed by atoms with Gasteiger partial charge in [0.1, 0.15) is 5.82 Å². The molecule has 1 fully saturated rings. The number of carbonyl (C=O) groups is 1. The van der Waals surface area contributed by atoms with E-state index in [1.165, 1.54) is 30.0 Å². The summed E-state index contributed by atoms with van der Waals surface area (Å²) in [6, 6.07) is 4.25. The van der Waals surface area contributed by atoms with E-state index in [4.69, 9.17) is 9.84 Å². The monoisotopic (exact) mass is 277 g/mol. The Morgan fingerprint density at radius 3 is 2.85 bits per heavy atom. The second-order valence-electron chi connectivity index (χ2n) is 4.60. The number of ether oxygens (including phenoxy) is 1. The first-order valence-electron chi connectivity index (χ1n) is 6.14. The Labute approximate surface area is 113 Å². The summed E-state index contributed by atoms with van der Waals surface area (Å²) in [6.45, 7) is 0. The second-order valence-corrected chi connectivity index (χ2v) is 4.60. The Morgan fingerprint density at radius 2 is 2.25 bits per heavy atom. The van der Waals surface area contributed by atoms with Gasteiger partial charge >= 0.3 is 5.97 Å². The fourth-order valence-corrected chi connectivity index (χ4v) is 1.99. The quantitative estimate of drug-likeness (QED) is 0.924. The lowest BCUT2D eigenvalue weighted by atomic mass is 10.2. The Bertz CT molecular complexity index is 679. The largest absolute Gasteiger partial charge is 0.494 e. The lowest BCUT2D eigenvalue weighted by Gasteiger charge is -2.07. The van der Waals surface area contributed by atoms with Gasteiger partial charge in [0.25, 0.3) is 5.82 Å². The molecular weight excluding hydrogens is 265 g/mol. The molecule has 1 aromatic carbocycles. The maximum absolute atomic E-state index is 13.4. The van der Waals surface area contributed by atoms with Gasteiger partial charge in [0, 0.05) is 12.0 Å². The van der Waals surface area contributed by atoms with E-state index < -0.39 is 11.8 Å². The van der Waals surface area contributed by atoms with Crippen LogP contribution in [-0.4, -0.2) is 33.0 Å². The first-order chi connectivity index (χ1) is 9.60. The van der Waals surface area contributed by atoms with Crippen molar-refractivity contribution in [2.45, 2.75) is 18.8 Å². The smallest absolute Gasteiger partial charge is 0.375 e. The fourth-order valence-electron chi connectivity index (χ4n) is 1.99. The zero-order chi connectivity index (χ0) is 14.3. The van der Waals surface area contributed by atoms with E-state index in [1.807, 2.05) is 0 Å². The molecule has 0 bridgehead atoms. The van der Waals surface area contributed by atoms with Crippen molar-refractivity contribution in [1.82, 2.24) is 14.8 Å². The van der Waals surface area contributed by atoms with Crippen LogP contribution in [0.15, 0.2) is 18.2 Å². The van der Waals surface area contributed by atoms with E-state index >= 15 is 0 Å². The number of halogens is 1. The number of benzene rings is 1. The summed E-state index contributed by atoms with van der Waals surface area (Å²) >= 11 is 0. The third kappa shape index (κ3) is 2.11. The number of carboxylic acid groups (broad SMARTS) is 1. The molecule has 1 heterocycles. The first-order valence-corrected chi connectivity index (χ1v) is 6.14. The highest BCUT2D eigenvalue weighted by Gasteiger charge is 2.31. The average molecular weight is 277 g/mol. The molecule has 0 spiro atoms. The average Bonchev–Trinajstić information content (AvgIpc) is 3.18. The topological polar surface area (TPSA) is 77.2 Å². The molecule has 1 aromatic heterocycles. The number of rotatable bonds is 4. The number of hydrogen-bond donors (Lipinski definition) is 1. The molecule has 1 aliphatic rings. The van der Waals surface area contributed by atoms with Crippen LogP contribution in [0.2, 0.25) is 0 Å². The van der Waals surface area contributed by atoms with Gasteiger partial charge in [-0.3, -0.25) is 0 Å². The Hall–Kier alpha value is -2.44. The van der Waals surface area contributed by atoms with Crippen molar-refractivity contribution in [3.05, 3.63) is 35.7 Å². The van der Waals surface area contributed by atoms with Gasteiger partial charge in [0.05, 0.1) is 12.8 Å². The molecule has 104 valence electrons. The molecule has 0 saturated heterocycles. The Balaban J connectivity index is 2.10. The van der Waals surface area contributed by atoms with E-state index in [-0.39, 0.29) is 17.5 Å². The lowest BCUT2D eigenvalue weighted by molar-refractivity contribution is 0.0683. The summed E-state index contributed by atoms with van der Waals surface area (Å²) in [4.78, 5) is 15.0. The van der Waals surface area contributed by atoms with E-state index in [1.54, 1.807) is 0 Å². The van der Waals surface area contributed by atoms with Crippen molar-refractivity contribution in [1.29, 1.82) is 0 Å². The fraction of sp³-hybridized carbons (Fsp3) is 0.308. The molecule has 7 heteroatoms. The molecule has 0 amide bonds. The van der Waals surface area contributed by atoms with Gasteiger partial charge in [0.2, 0.25) is 0 Å². The number of methoxy groups -OCH3 is 1. The summed E-state index contributed by atoms with van der Waals surface area (Å²) in [6.07, 6.45) is 1.91. The molecule has 3 rings (SSSR count). The molecule has 20 heavy (non-hydrogen) atoms. The molecule has 0 atom stereocenters. The van der Waals surface area contributed by atoms with Gasteiger partial charge < -0.3 is 9.84 Å². The molecule has 1 N–H and O–H groups in total. The van der Waals surface area contributed by atoms with Gasteiger partial charge in [-0.25, -0.2) is 18.9 Å². The number of nitrogens with zero attached hydrogens (tertiary/aromatic N) is 3. The van der Waals surface area contributed by atoms with Crippen LogP contribution in [0.4, 0.5) is 4.39 Å². The van der Waals surface area contributed by atoms with Crippen molar-refractivity contribution >= 4 is 5.97 Å². The molecule has 6 nitrogen and oxygen atoms in total. The zero-order valence-electron chi connectivity index (χ0n) is 10.7. The predicted molar refractivity (Wildman–Crippen MR) is 66.8 cm³/mol. The Morgan fingerprint density at radius 1 is 1.50 bits per heavy atom. The highest BCUT2D eigenvalue weighted by Crippen LogP contribution is 2.40. The summed E-state index contributed by atoms with van der Waals surface area (Å²) < 4.78 is 19.8. The van der Waals surface area contributed by atoms with Crippen LogP contribution in [0.5, 0.6) is 5.75 Å². The second kappa shape index (κ2) is 4.59. The van der Waals surface area contributed by atoms with E-state index in [2.05, 4.69) is 10.1 Å². The Kier molecular flexibility index (Phi) is 2.89. The summed E-state index contributed by atoms with van der Waals surface area (Å²) in [7, 11) is 1.37. The van der Waals surface area contributed by atoms with Gasteiger partial charge in [-0.1, -0.05) is 0 Å². The van der Waals surface area contributed by atoms with Crippen LogP contribution in [0.3, 0.4) is 0 Å². The normalized spacial score (nSPS) is 14.3. The minimum atomic E-state index is -1.18. The van der Waals surface area contributed by atoms with Crippen molar-refractivity contribution < 1.29 is 19.0 Å². The third-order valence-electron chi connectivity index (χ3n) is 3.15. The van der Waals surface area contributed by atoms with Crippen LogP contribution in [0, 0.1) is 5.82 Å². The summed E-state index contributed by atoms with van der Waals surface area (Å²) in [5.41, 5.74) is 0.533. The van der Waals surface area contributed by atoms with Gasteiger partial charge in [-0.05, 0) is 25.0 Å². The minimum Gasteiger partial charge on any atom is -0.494 e. The van der Waals surface area contributed by atoms with Crippen molar-refractivity contribution in [3.8, 4) is 11.4 Å². The van der Waals surface area contributed by atoms with E-state index in [9.17, 15) is 9.18 Å². The van der Waals surface area contributed by atoms with Crippen LogP contribution >= 0.6 is 0 Å². The van der Waals surface area contributed by atoms with Gasteiger partial charge in [-0.2, -0.15) is 0 Å². The zero-order valence-corrected chi connectivity index (χ0v) is 10.7. The standard InChI is InChI=1S/C13H12FN3O3/c1-20-10-6-8(4-5-9(10)14)17-12(7-2-3-7)15-11(16-17)13(18)19/h4-7H,2-3H2,1H3,(H,18,19). The van der Waals surface area contributed by atoms with E-state index in [0.717, 1.165) is 12.8 Å². The molecule has 2 aromatic rings. The molecular formula is C13H12FN3O3. The number of aromatic nitrogens is 3. The molecule has 0 aliphatic heterocycles. The number of carboxylic acids is 1. The van der Waals surface area contributed by atoms with Crippen molar-refractivity contribution in [2.75, 3.05) is 7.11 Å². The van der Waals surface area contributed by atoms with E-state index in [0.29, 0.717) is 11.5 Å². The highest BCUT2D eigenvalue weighted by atomic mass is 19.1. The van der Waals surface area contributed by atoms with Gasteiger partial charge in [0.15, 0.2) is 11.6 Å². The van der Waals surface area contributed by atoms with Crippen molar-refractivity contribution in [2.24, 2.45) is 0 Å². The minimum absolute atomic E-state index is 0.0802. The third-order valence-corrected chi connectivity index (χ3v) is 3.15. The maximum Gasteiger partial charge on any atom is 0.375 e. The van der Waals surface area contributed by atoms with Crippen LogP contribution < -0.4 is 4.74 Å². The number of hydrogen-bond acceptors (Lipinski definition) is 4. The summed E-state index contributed by atoms with van der Waals surface area (Å²) in [5.74, 6) is -1.03. The van der Waals surface area contributed by atoms with Crippen molar-refractivity contribution in [3.63, 3.8) is 0 Å². The molecule has 0 unspecified atom stereocenters. The lowest BCUT2D eigenvalue weighted by Crippen LogP contribution is -2.04. The highest BCUT2D eigenvalue weighted by molar-refractivity contribution is 5.83. The summed E-state index contributed by atoms with van der Waals surface area (Å²) in [5, 5.41) is 13.0. The first kappa shape index (κ1) is 12.6. The SMILES string of the molecule is COc1cc(-n2nc(C(=O)O)nc2C2CC2)ccc1F. The molecule has 1 saturated carbocycles.